The Hall–Kier alpha value is -2.90. The van der Waals surface area contributed by atoms with Gasteiger partial charge in [0.2, 0.25) is 0 Å². The number of sulfonamides is 1. The molecule has 30 heavy (non-hydrogen) atoms. The second-order valence-corrected chi connectivity index (χ2v) is 9.43. The predicted octanol–water partition coefficient (Wildman–Crippen LogP) is 4.30. The number of pyridine rings is 1. The van der Waals surface area contributed by atoms with E-state index in [2.05, 4.69) is 4.72 Å². The number of hydrogen-bond acceptors (Lipinski definition) is 4. The molecule has 0 aliphatic rings. The zero-order valence-electron chi connectivity index (χ0n) is 22.3. The Morgan fingerprint density at radius 1 is 1.10 bits per heavy atom. The fourth-order valence-electron chi connectivity index (χ4n) is 2.42. The standard InChI is InChI=1S/C22H21ClN2O4S/c1-22(2,3)16-4-7-18(8-5-16)30(28,29)24-20-9-6-17(23)14-19(20)21(26)15-10-12-25(27)13-11-15/h4-14,24H,1-3H3/i4D,5D,7D,8D,12D,13D. The lowest BCUT2D eigenvalue weighted by molar-refractivity contribution is -0.605. The summed E-state index contributed by atoms with van der Waals surface area (Å²) in [5, 5.41) is 11.7. The summed E-state index contributed by atoms with van der Waals surface area (Å²) in [6.45, 7) is 5.03. The highest BCUT2D eigenvalue weighted by molar-refractivity contribution is 7.92. The summed E-state index contributed by atoms with van der Waals surface area (Å²) in [5.41, 5.74) is -1.56. The maximum Gasteiger partial charge on any atom is 0.261 e. The molecule has 0 saturated heterocycles. The number of rotatable bonds is 5. The van der Waals surface area contributed by atoms with E-state index in [-0.39, 0.29) is 32.1 Å². The highest BCUT2D eigenvalue weighted by atomic mass is 35.5. The van der Waals surface area contributed by atoms with Crippen LogP contribution >= 0.6 is 11.6 Å². The van der Waals surface area contributed by atoms with Crippen LogP contribution < -0.4 is 9.45 Å². The molecule has 1 N–H and O–H groups in total. The van der Waals surface area contributed by atoms with Crippen molar-refractivity contribution < 1.29 is 26.2 Å². The van der Waals surface area contributed by atoms with Crippen LogP contribution in [0.1, 0.15) is 50.5 Å². The Bertz CT molecular complexity index is 1470. The van der Waals surface area contributed by atoms with Gasteiger partial charge >= 0.3 is 0 Å². The van der Waals surface area contributed by atoms with Crippen LogP contribution in [-0.4, -0.2) is 14.2 Å². The van der Waals surface area contributed by atoms with Crippen LogP contribution in [0.15, 0.2) is 71.7 Å². The minimum atomic E-state index is -4.74. The smallest absolute Gasteiger partial charge is 0.261 e. The van der Waals surface area contributed by atoms with E-state index in [1.54, 1.807) is 20.8 Å². The van der Waals surface area contributed by atoms with E-state index in [0.29, 0.717) is 0 Å². The van der Waals surface area contributed by atoms with Gasteiger partial charge in [0.05, 0.1) is 16.1 Å². The second kappa shape index (κ2) is 8.08. The maximum atomic E-state index is 13.3. The van der Waals surface area contributed by atoms with Crippen LogP contribution in [0.3, 0.4) is 0 Å². The van der Waals surface area contributed by atoms with Gasteiger partial charge in [-0.2, -0.15) is 4.73 Å². The average molecular weight is 451 g/mol. The molecule has 0 fully saturated rings. The van der Waals surface area contributed by atoms with Crippen LogP contribution in [-0.2, 0) is 15.4 Å². The Morgan fingerprint density at radius 2 is 1.70 bits per heavy atom. The number of nitrogens with one attached hydrogen (secondary N) is 1. The summed E-state index contributed by atoms with van der Waals surface area (Å²) >= 11 is 6.01. The first kappa shape index (κ1) is 15.0. The molecule has 8 heteroatoms. The van der Waals surface area contributed by atoms with Crippen LogP contribution in [0, 0.1) is 5.21 Å². The summed E-state index contributed by atoms with van der Waals surface area (Å²) in [7, 11) is -4.74. The molecule has 0 radical (unpaired) electrons. The van der Waals surface area contributed by atoms with Gasteiger partial charge in [-0.1, -0.05) is 44.5 Å². The Balaban J connectivity index is 2.17. The quantitative estimate of drug-likeness (QED) is 0.356. The third kappa shape index (κ3) is 4.80. The van der Waals surface area contributed by atoms with Crippen LogP contribution in [0.25, 0.3) is 0 Å². The van der Waals surface area contributed by atoms with Crippen LogP contribution in [0.4, 0.5) is 5.69 Å². The third-order valence-corrected chi connectivity index (χ3v) is 5.49. The number of nitrogens with zero attached hydrogens (tertiary/aromatic N) is 1. The van der Waals surface area contributed by atoms with E-state index in [9.17, 15) is 18.4 Å². The molecule has 3 rings (SSSR count). The van der Waals surface area contributed by atoms with Gasteiger partial charge in [0, 0.05) is 28.3 Å². The average Bonchev–Trinajstić information content (AvgIpc) is 2.75. The number of carbonyl (C=O) groups excluding carboxylic acids is 1. The van der Waals surface area contributed by atoms with Gasteiger partial charge in [0.1, 0.15) is 2.74 Å². The lowest BCUT2D eigenvalue weighted by Gasteiger charge is -2.19. The van der Waals surface area contributed by atoms with Gasteiger partial charge in [-0.3, -0.25) is 9.52 Å². The van der Waals surface area contributed by atoms with Crippen molar-refractivity contribution >= 4 is 33.1 Å². The molecule has 156 valence electrons. The summed E-state index contributed by atoms with van der Waals surface area (Å²) in [4.78, 5) is 12.3. The first-order chi connectivity index (χ1) is 16.5. The number of benzene rings is 2. The molecule has 1 aromatic heterocycles. The van der Waals surface area contributed by atoms with Gasteiger partial charge < -0.3 is 5.21 Å². The lowest BCUT2D eigenvalue weighted by Crippen LogP contribution is -2.24. The number of carbonyl (C=O) groups is 1. The topological polar surface area (TPSA) is 90.2 Å². The largest absolute Gasteiger partial charge is 0.619 e. The fraction of sp³-hybridized carbons (Fsp3) is 0.182. The van der Waals surface area contributed by atoms with E-state index in [1.165, 1.54) is 12.1 Å². The second-order valence-electron chi connectivity index (χ2n) is 7.38. The van der Waals surface area contributed by atoms with Crippen molar-refractivity contribution in [3.05, 3.63) is 93.8 Å². The molecule has 0 amide bonds. The number of aromatic nitrogens is 1. The normalized spacial score (nSPS) is 14.7. The fourth-order valence-corrected chi connectivity index (χ4v) is 3.53. The Labute approximate surface area is 189 Å². The molecule has 6 nitrogen and oxygen atoms in total. The summed E-state index contributed by atoms with van der Waals surface area (Å²) in [6.07, 6.45) is -1.34. The molecule has 0 aliphatic carbocycles. The van der Waals surface area contributed by atoms with Crippen molar-refractivity contribution in [1.82, 2.24) is 0 Å². The zero-order chi connectivity index (χ0) is 27.3. The number of halogens is 1. The van der Waals surface area contributed by atoms with Crippen molar-refractivity contribution in [3.8, 4) is 0 Å². The van der Waals surface area contributed by atoms with E-state index < -0.39 is 62.6 Å². The lowest BCUT2D eigenvalue weighted by atomic mass is 9.87. The monoisotopic (exact) mass is 450 g/mol. The highest BCUT2D eigenvalue weighted by Crippen LogP contribution is 2.27. The predicted molar refractivity (Wildman–Crippen MR) is 116 cm³/mol. The molecular weight excluding hydrogens is 424 g/mol. The highest BCUT2D eigenvalue weighted by Gasteiger charge is 2.21. The molecule has 0 aliphatic heterocycles. The van der Waals surface area contributed by atoms with Gasteiger partial charge in [0.25, 0.3) is 10.0 Å². The summed E-state index contributed by atoms with van der Waals surface area (Å²) in [5.74, 6) is -0.847. The molecular formula is C22H21ClN2O4S. The minimum absolute atomic E-state index is 0.0119. The molecule has 0 unspecified atom stereocenters. The van der Waals surface area contributed by atoms with E-state index in [1.807, 2.05) is 0 Å². The van der Waals surface area contributed by atoms with Crippen molar-refractivity contribution in [1.29, 1.82) is 0 Å². The molecule has 0 atom stereocenters. The van der Waals surface area contributed by atoms with Crippen LogP contribution in [0.5, 0.6) is 0 Å². The van der Waals surface area contributed by atoms with E-state index in [4.69, 9.17) is 19.8 Å². The van der Waals surface area contributed by atoms with Crippen molar-refractivity contribution in [3.63, 3.8) is 0 Å². The molecule has 0 saturated carbocycles. The Morgan fingerprint density at radius 3 is 2.27 bits per heavy atom. The van der Waals surface area contributed by atoms with Crippen molar-refractivity contribution in [2.45, 2.75) is 31.1 Å². The van der Waals surface area contributed by atoms with Crippen LogP contribution in [0.2, 0.25) is 5.02 Å². The molecule has 2 aromatic carbocycles. The van der Waals surface area contributed by atoms with Gasteiger partial charge in [-0.15, -0.1) is 0 Å². The zero-order valence-corrected chi connectivity index (χ0v) is 17.8. The van der Waals surface area contributed by atoms with Gasteiger partial charge in [0.15, 0.2) is 18.1 Å². The molecule has 1 heterocycles. The minimum Gasteiger partial charge on any atom is -0.619 e. The van der Waals surface area contributed by atoms with Gasteiger partial charge in [-0.05, 0) is 41.3 Å². The Kier molecular flexibility index (Phi) is 4.04. The van der Waals surface area contributed by atoms with E-state index >= 15 is 0 Å². The molecule has 0 spiro atoms. The summed E-state index contributed by atoms with van der Waals surface area (Å²) < 4.78 is 77.1. The number of anilines is 1. The molecule has 0 bridgehead atoms. The maximum absolute atomic E-state index is 13.3. The van der Waals surface area contributed by atoms with Crippen molar-refractivity contribution in [2.75, 3.05) is 4.72 Å². The SMILES string of the molecule is [2H]c1c([2H])c(S(=O)(=O)Nc2ccc(Cl)cc2C(=O)c2cc([2H])[n+]([O-])c([2H])c2)c([2H])c([2H])c1C(C)(C)C. The van der Waals surface area contributed by atoms with E-state index in [0.717, 1.165) is 18.2 Å². The van der Waals surface area contributed by atoms with Crippen molar-refractivity contribution in [2.24, 2.45) is 0 Å². The number of ketones is 1. The third-order valence-electron chi connectivity index (χ3n) is 4.03. The first-order valence-corrected chi connectivity index (χ1v) is 10.5. The summed E-state index contributed by atoms with van der Waals surface area (Å²) in [6, 6.07) is 2.90. The molecule has 3 aromatic rings. The first-order valence-electron chi connectivity index (χ1n) is 11.7. The van der Waals surface area contributed by atoms with Gasteiger partial charge in [-0.25, -0.2) is 8.42 Å². The number of hydrogen-bond donors (Lipinski definition) is 1.